The van der Waals surface area contributed by atoms with Gasteiger partial charge in [0.1, 0.15) is 11.6 Å². The first-order valence-corrected chi connectivity index (χ1v) is 6.41. The van der Waals surface area contributed by atoms with Gasteiger partial charge in [-0.3, -0.25) is 9.78 Å². The van der Waals surface area contributed by atoms with Crippen LogP contribution in [0.25, 0.3) is 11.4 Å². The lowest BCUT2D eigenvalue weighted by Crippen LogP contribution is -2.20. The number of rotatable bonds is 1. The lowest BCUT2D eigenvalue weighted by atomic mass is 9.87. The molecular formula is C15H13N3O. The van der Waals surface area contributed by atoms with E-state index >= 15 is 0 Å². The van der Waals surface area contributed by atoms with Gasteiger partial charge in [-0.25, -0.2) is 0 Å². The van der Waals surface area contributed by atoms with Crippen molar-refractivity contribution < 1.29 is 0 Å². The highest BCUT2D eigenvalue weighted by molar-refractivity contribution is 5.63. The molecule has 2 aromatic rings. The smallest absolute Gasteiger partial charge is 0.266 e. The van der Waals surface area contributed by atoms with Crippen LogP contribution in [0.15, 0.2) is 29.2 Å². The van der Waals surface area contributed by atoms with E-state index in [0.29, 0.717) is 0 Å². The van der Waals surface area contributed by atoms with Crippen LogP contribution in [0.2, 0.25) is 0 Å². The molecule has 0 atom stereocenters. The molecule has 4 nitrogen and oxygen atoms in total. The van der Waals surface area contributed by atoms with Crippen LogP contribution in [0.4, 0.5) is 0 Å². The highest BCUT2D eigenvalue weighted by atomic mass is 16.1. The van der Waals surface area contributed by atoms with Crippen molar-refractivity contribution in [3.05, 3.63) is 51.4 Å². The van der Waals surface area contributed by atoms with Crippen LogP contribution in [0.3, 0.4) is 0 Å². The average molecular weight is 251 g/mol. The molecule has 0 aliphatic heterocycles. The maximum Gasteiger partial charge on any atom is 0.266 e. The number of aromatic nitrogens is 2. The number of nitrogens with one attached hydrogen (secondary N) is 1. The fraction of sp³-hybridized carbons (Fsp3) is 0.267. The number of nitriles is 1. The van der Waals surface area contributed by atoms with Crippen molar-refractivity contribution in [2.45, 2.75) is 25.7 Å². The summed E-state index contributed by atoms with van der Waals surface area (Å²) in [5.41, 5.74) is 3.51. The first-order chi connectivity index (χ1) is 9.31. The molecular weight excluding hydrogens is 238 g/mol. The molecule has 0 saturated heterocycles. The number of H-pyrrole nitrogens is 1. The van der Waals surface area contributed by atoms with E-state index in [1.54, 1.807) is 6.20 Å². The molecule has 0 unspecified atom stereocenters. The van der Waals surface area contributed by atoms with Gasteiger partial charge < -0.3 is 4.98 Å². The zero-order chi connectivity index (χ0) is 13.2. The first-order valence-electron chi connectivity index (χ1n) is 6.41. The molecule has 4 heteroatoms. The summed E-state index contributed by atoms with van der Waals surface area (Å²) in [5.74, 6) is 0. The second kappa shape index (κ2) is 4.69. The average Bonchev–Trinajstić information content (AvgIpc) is 2.47. The summed E-state index contributed by atoms with van der Waals surface area (Å²) in [6.45, 7) is 0. The Kier molecular flexibility index (Phi) is 2.88. The minimum absolute atomic E-state index is 0.273. The predicted molar refractivity (Wildman–Crippen MR) is 71.7 cm³/mol. The summed E-state index contributed by atoms with van der Waals surface area (Å²) in [6.07, 6.45) is 5.53. The quantitative estimate of drug-likeness (QED) is 0.844. The van der Waals surface area contributed by atoms with E-state index in [1.165, 1.54) is 0 Å². The SMILES string of the molecule is N#Cc1c2c(c(-c3ccccn3)[nH]c1=O)CCCC2. The Balaban J connectivity index is 2.30. The van der Waals surface area contributed by atoms with Crippen molar-refractivity contribution in [1.82, 2.24) is 9.97 Å². The van der Waals surface area contributed by atoms with Gasteiger partial charge in [-0.05, 0) is 48.9 Å². The van der Waals surface area contributed by atoms with E-state index < -0.39 is 0 Å². The zero-order valence-corrected chi connectivity index (χ0v) is 10.4. The van der Waals surface area contributed by atoms with Gasteiger partial charge in [0.15, 0.2) is 0 Å². The molecule has 1 aliphatic rings. The maximum absolute atomic E-state index is 12.0. The Morgan fingerprint density at radius 1 is 1.21 bits per heavy atom. The Hall–Kier alpha value is -2.41. The van der Waals surface area contributed by atoms with Crippen LogP contribution in [-0.2, 0) is 12.8 Å². The van der Waals surface area contributed by atoms with Crippen LogP contribution in [0, 0.1) is 11.3 Å². The zero-order valence-electron chi connectivity index (χ0n) is 10.4. The van der Waals surface area contributed by atoms with Gasteiger partial charge in [-0.15, -0.1) is 0 Å². The lowest BCUT2D eigenvalue weighted by molar-refractivity contribution is 0.680. The molecule has 94 valence electrons. The summed E-state index contributed by atoms with van der Waals surface area (Å²) in [6, 6.07) is 7.66. The fourth-order valence-electron chi connectivity index (χ4n) is 2.69. The van der Waals surface area contributed by atoms with E-state index in [9.17, 15) is 4.79 Å². The van der Waals surface area contributed by atoms with Gasteiger partial charge in [0.2, 0.25) is 0 Å². The number of hydrogen-bond acceptors (Lipinski definition) is 3. The van der Waals surface area contributed by atoms with Crippen LogP contribution in [0.5, 0.6) is 0 Å². The van der Waals surface area contributed by atoms with Gasteiger partial charge in [0.25, 0.3) is 5.56 Å². The van der Waals surface area contributed by atoms with E-state index in [2.05, 4.69) is 9.97 Å². The second-order valence-corrected chi connectivity index (χ2v) is 4.70. The van der Waals surface area contributed by atoms with E-state index in [0.717, 1.165) is 48.2 Å². The normalized spacial score (nSPS) is 13.6. The largest absolute Gasteiger partial charge is 0.319 e. The van der Waals surface area contributed by atoms with E-state index in [1.807, 2.05) is 24.3 Å². The van der Waals surface area contributed by atoms with Crippen LogP contribution < -0.4 is 5.56 Å². The monoisotopic (exact) mass is 251 g/mol. The number of fused-ring (bicyclic) bond motifs is 1. The van der Waals surface area contributed by atoms with Crippen molar-refractivity contribution in [3.63, 3.8) is 0 Å². The second-order valence-electron chi connectivity index (χ2n) is 4.70. The minimum Gasteiger partial charge on any atom is -0.319 e. The Labute approximate surface area is 110 Å². The maximum atomic E-state index is 12.0. The van der Waals surface area contributed by atoms with Gasteiger partial charge in [0.05, 0.1) is 11.4 Å². The molecule has 0 fully saturated rings. The van der Waals surface area contributed by atoms with Gasteiger partial charge in [-0.1, -0.05) is 6.07 Å². The topological polar surface area (TPSA) is 69.5 Å². The summed E-state index contributed by atoms with van der Waals surface area (Å²) in [4.78, 5) is 19.1. The molecule has 0 aromatic carbocycles. The number of aromatic amines is 1. The molecule has 2 aromatic heterocycles. The summed E-state index contributed by atoms with van der Waals surface area (Å²) >= 11 is 0. The number of nitrogens with zero attached hydrogens (tertiary/aromatic N) is 2. The molecule has 2 heterocycles. The Bertz CT molecular complexity index is 711. The highest BCUT2D eigenvalue weighted by Crippen LogP contribution is 2.29. The first kappa shape index (κ1) is 11.7. The van der Waals surface area contributed by atoms with Crippen molar-refractivity contribution >= 4 is 0 Å². The highest BCUT2D eigenvalue weighted by Gasteiger charge is 2.21. The van der Waals surface area contributed by atoms with Gasteiger partial charge in [-0.2, -0.15) is 5.26 Å². The molecule has 0 radical (unpaired) electrons. The molecule has 1 N–H and O–H groups in total. The number of pyridine rings is 2. The minimum atomic E-state index is -0.302. The third kappa shape index (κ3) is 1.93. The van der Waals surface area contributed by atoms with Crippen molar-refractivity contribution in [3.8, 4) is 17.5 Å². The summed E-state index contributed by atoms with van der Waals surface area (Å²) in [7, 11) is 0. The van der Waals surface area contributed by atoms with Crippen LogP contribution >= 0.6 is 0 Å². The van der Waals surface area contributed by atoms with Crippen LogP contribution in [-0.4, -0.2) is 9.97 Å². The third-order valence-electron chi connectivity index (χ3n) is 3.57. The molecule has 0 bridgehead atoms. The molecule has 3 rings (SSSR count). The Morgan fingerprint density at radius 2 is 2.00 bits per heavy atom. The molecule has 1 aliphatic carbocycles. The van der Waals surface area contributed by atoms with E-state index in [-0.39, 0.29) is 11.1 Å². The van der Waals surface area contributed by atoms with Crippen molar-refractivity contribution in [2.24, 2.45) is 0 Å². The van der Waals surface area contributed by atoms with Gasteiger partial charge >= 0.3 is 0 Å². The van der Waals surface area contributed by atoms with Crippen molar-refractivity contribution in [1.29, 1.82) is 5.26 Å². The Morgan fingerprint density at radius 3 is 2.68 bits per heavy atom. The summed E-state index contributed by atoms with van der Waals surface area (Å²) < 4.78 is 0. The third-order valence-corrected chi connectivity index (χ3v) is 3.57. The fourth-order valence-corrected chi connectivity index (χ4v) is 2.69. The molecule has 0 amide bonds. The predicted octanol–water partition coefficient (Wildman–Crippen LogP) is 2.19. The lowest BCUT2D eigenvalue weighted by Gasteiger charge is -2.19. The van der Waals surface area contributed by atoms with Crippen molar-refractivity contribution in [2.75, 3.05) is 0 Å². The molecule has 0 saturated carbocycles. The molecule has 19 heavy (non-hydrogen) atoms. The summed E-state index contributed by atoms with van der Waals surface area (Å²) in [5, 5.41) is 9.15. The van der Waals surface area contributed by atoms with Gasteiger partial charge in [0, 0.05) is 6.20 Å². The van der Waals surface area contributed by atoms with Crippen LogP contribution in [0.1, 0.15) is 29.5 Å². The standard InChI is InChI=1S/C15H13N3O/c16-9-12-10-5-1-2-6-11(10)14(18-15(12)19)13-7-3-4-8-17-13/h3-4,7-8H,1-2,5-6H2,(H,18,19). The number of hydrogen-bond donors (Lipinski definition) is 1. The molecule has 0 spiro atoms. The van der Waals surface area contributed by atoms with E-state index in [4.69, 9.17) is 5.26 Å².